The Labute approximate surface area is 115 Å². The number of aryl methyl sites for hydroxylation is 1. The van der Waals surface area contributed by atoms with Crippen LogP contribution in [0.15, 0.2) is 37.4 Å². The molecule has 0 fully saturated rings. The van der Waals surface area contributed by atoms with Gasteiger partial charge >= 0.3 is 6.18 Å². The van der Waals surface area contributed by atoms with E-state index in [1.165, 1.54) is 13.8 Å². The van der Waals surface area contributed by atoms with Crippen molar-refractivity contribution in [3.63, 3.8) is 0 Å². The molecule has 1 rings (SSSR count). The van der Waals surface area contributed by atoms with Crippen LogP contribution >= 0.6 is 0 Å². The lowest BCUT2D eigenvalue weighted by atomic mass is 9.83. The van der Waals surface area contributed by atoms with Crippen LogP contribution in [0.1, 0.15) is 45.7 Å². The lowest BCUT2D eigenvalue weighted by Gasteiger charge is -2.28. The van der Waals surface area contributed by atoms with Gasteiger partial charge in [0.2, 0.25) is 0 Å². The molecular weight excluding hydrogens is 249 g/mol. The molecular formula is C16H25F3. The molecule has 0 bridgehead atoms. The molecule has 19 heavy (non-hydrogen) atoms. The molecule has 0 nitrogen and oxygen atoms in total. The highest BCUT2D eigenvalue weighted by Crippen LogP contribution is 2.40. The summed E-state index contributed by atoms with van der Waals surface area (Å²) < 4.78 is 38.1. The van der Waals surface area contributed by atoms with Gasteiger partial charge in [-0.1, -0.05) is 45.0 Å². The van der Waals surface area contributed by atoms with Crippen molar-refractivity contribution in [2.75, 3.05) is 0 Å². The van der Waals surface area contributed by atoms with Crippen molar-refractivity contribution < 1.29 is 13.2 Å². The van der Waals surface area contributed by atoms with Gasteiger partial charge in [0.15, 0.2) is 0 Å². The van der Waals surface area contributed by atoms with Gasteiger partial charge < -0.3 is 0 Å². The minimum Gasteiger partial charge on any atom is -0.170 e. The predicted molar refractivity (Wildman–Crippen MR) is 77.5 cm³/mol. The van der Waals surface area contributed by atoms with Crippen molar-refractivity contribution in [2.45, 2.75) is 52.6 Å². The fourth-order valence-electron chi connectivity index (χ4n) is 1.32. The van der Waals surface area contributed by atoms with Crippen LogP contribution < -0.4 is 0 Å². The molecule has 0 unspecified atom stereocenters. The van der Waals surface area contributed by atoms with Crippen LogP contribution in [0, 0.1) is 0 Å². The Bertz CT molecular complexity index is 334. The summed E-state index contributed by atoms with van der Waals surface area (Å²) in [5.41, 5.74) is -0.414. The van der Waals surface area contributed by atoms with Gasteiger partial charge in [0, 0.05) is 0 Å². The first-order valence-electron chi connectivity index (χ1n) is 6.45. The molecule has 0 aliphatic heterocycles. The highest BCUT2D eigenvalue weighted by atomic mass is 19.4. The zero-order chi connectivity index (χ0) is 15.7. The van der Waals surface area contributed by atoms with Crippen LogP contribution in [0.25, 0.3) is 0 Å². The van der Waals surface area contributed by atoms with E-state index in [1.807, 2.05) is 20.8 Å². The summed E-state index contributed by atoms with van der Waals surface area (Å²) in [6.07, 6.45) is -3.37. The van der Waals surface area contributed by atoms with E-state index in [1.54, 1.807) is 24.3 Å². The van der Waals surface area contributed by atoms with Crippen LogP contribution in [0.3, 0.4) is 0 Å². The minimum atomic E-state index is -4.21. The number of hydrogen-bond donors (Lipinski definition) is 0. The van der Waals surface area contributed by atoms with E-state index < -0.39 is 11.6 Å². The summed E-state index contributed by atoms with van der Waals surface area (Å²) in [7, 11) is 0. The van der Waals surface area contributed by atoms with E-state index in [-0.39, 0.29) is 0 Å². The van der Waals surface area contributed by atoms with E-state index in [0.29, 0.717) is 5.56 Å². The number of halogens is 3. The number of hydrogen-bond acceptors (Lipinski definition) is 0. The maximum Gasteiger partial charge on any atom is 0.397 e. The maximum atomic E-state index is 12.7. The summed E-state index contributed by atoms with van der Waals surface area (Å²) in [4.78, 5) is 0. The third kappa shape index (κ3) is 5.50. The molecule has 3 heteroatoms. The minimum absolute atomic E-state index is 0.312. The molecule has 0 amide bonds. The molecule has 0 radical (unpaired) electrons. The van der Waals surface area contributed by atoms with E-state index in [2.05, 4.69) is 13.2 Å². The molecule has 1 aromatic rings. The molecule has 0 atom stereocenters. The second-order valence-corrected chi connectivity index (χ2v) is 4.17. The molecule has 110 valence electrons. The Morgan fingerprint density at radius 1 is 0.947 bits per heavy atom. The zero-order valence-electron chi connectivity index (χ0n) is 12.6. The van der Waals surface area contributed by atoms with Crippen LogP contribution in [-0.4, -0.2) is 6.18 Å². The average molecular weight is 274 g/mol. The zero-order valence-corrected chi connectivity index (χ0v) is 12.6. The fourth-order valence-corrected chi connectivity index (χ4v) is 1.32. The van der Waals surface area contributed by atoms with Gasteiger partial charge in [-0.3, -0.25) is 0 Å². The fraction of sp³-hybridized carbons (Fsp3) is 0.500. The summed E-state index contributed by atoms with van der Waals surface area (Å²) in [6.45, 7) is 14.4. The van der Waals surface area contributed by atoms with Gasteiger partial charge in [-0.25, -0.2) is 0 Å². The van der Waals surface area contributed by atoms with Crippen molar-refractivity contribution in [2.24, 2.45) is 0 Å². The summed E-state index contributed by atoms with van der Waals surface area (Å²) in [5, 5.41) is 0. The van der Waals surface area contributed by atoms with Crippen LogP contribution in [0.5, 0.6) is 0 Å². The van der Waals surface area contributed by atoms with Crippen LogP contribution in [0.4, 0.5) is 13.2 Å². The highest BCUT2D eigenvalue weighted by molar-refractivity contribution is 5.29. The largest absolute Gasteiger partial charge is 0.397 e. The second-order valence-electron chi connectivity index (χ2n) is 4.17. The summed E-state index contributed by atoms with van der Waals surface area (Å²) >= 11 is 0. The van der Waals surface area contributed by atoms with Crippen molar-refractivity contribution >= 4 is 0 Å². The average Bonchev–Trinajstić information content (AvgIpc) is 2.42. The van der Waals surface area contributed by atoms with Crippen molar-refractivity contribution in [1.29, 1.82) is 0 Å². The summed E-state index contributed by atoms with van der Waals surface area (Å²) in [6, 6.07) is 6.63. The molecule has 0 N–H and O–H groups in total. The van der Waals surface area contributed by atoms with E-state index in [9.17, 15) is 13.2 Å². The van der Waals surface area contributed by atoms with Gasteiger partial charge in [0.25, 0.3) is 0 Å². The van der Waals surface area contributed by atoms with E-state index in [4.69, 9.17) is 0 Å². The van der Waals surface area contributed by atoms with Gasteiger partial charge in [-0.2, -0.15) is 13.2 Å². The Morgan fingerprint density at radius 2 is 1.32 bits per heavy atom. The Morgan fingerprint density at radius 3 is 1.58 bits per heavy atom. The van der Waals surface area contributed by atoms with Gasteiger partial charge in [-0.05, 0) is 31.4 Å². The van der Waals surface area contributed by atoms with E-state index in [0.717, 1.165) is 12.0 Å². The topological polar surface area (TPSA) is 0 Å². The molecule has 0 aliphatic rings. The first-order valence-corrected chi connectivity index (χ1v) is 6.45. The lowest BCUT2D eigenvalue weighted by molar-refractivity contribution is -0.180. The normalized spacial score (nSPS) is 10.7. The number of alkyl halides is 3. The van der Waals surface area contributed by atoms with Crippen LogP contribution in [0.2, 0.25) is 0 Å². The number of benzene rings is 1. The monoisotopic (exact) mass is 274 g/mol. The molecule has 0 aliphatic carbocycles. The second kappa shape index (κ2) is 8.78. The molecule has 1 aromatic carbocycles. The Balaban J connectivity index is 0. The van der Waals surface area contributed by atoms with Crippen molar-refractivity contribution in [3.8, 4) is 0 Å². The summed E-state index contributed by atoms with van der Waals surface area (Å²) in [5.74, 6) is 0. The maximum absolute atomic E-state index is 12.7. The van der Waals surface area contributed by atoms with Crippen molar-refractivity contribution in [3.05, 3.63) is 48.6 Å². The SMILES string of the molecule is C=C.CC.CCc1ccc(C(C)(C)C(F)(F)F)cc1. The van der Waals surface area contributed by atoms with Gasteiger partial charge in [0.1, 0.15) is 0 Å². The van der Waals surface area contributed by atoms with Gasteiger partial charge in [0.05, 0.1) is 5.41 Å². The number of rotatable bonds is 2. The Hall–Kier alpha value is -1.25. The molecule has 0 heterocycles. The van der Waals surface area contributed by atoms with Crippen molar-refractivity contribution in [1.82, 2.24) is 0 Å². The van der Waals surface area contributed by atoms with E-state index >= 15 is 0 Å². The van der Waals surface area contributed by atoms with Crippen LogP contribution in [-0.2, 0) is 11.8 Å². The molecule has 0 saturated heterocycles. The third-order valence-electron chi connectivity index (χ3n) is 2.79. The Kier molecular flexibility index (Phi) is 9.28. The molecule has 0 saturated carbocycles. The molecule has 0 spiro atoms. The molecule has 0 aromatic heterocycles. The smallest absolute Gasteiger partial charge is 0.170 e. The first-order chi connectivity index (χ1) is 8.79. The highest BCUT2D eigenvalue weighted by Gasteiger charge is 2.48. The quantitative estimate of drug-likeness (QED) is 0.587. The first kappa shape index (κ1) is 20.1. The standard InChI is InChI=1S/C12H15F3.C2H6.C2H4/c1-4-9-5-7-10(8-6-9)11(2,3)12(13,14)15;2*1-2/h5-8H,4H2,1-3H3;1-2H3;1-2H2. The third-order valence-corrected chi connectivity index (χ3v) is 2.79. The van der Waals surface area contributed by atoms with Gasteiger partial charge in [-0.15, -0.1) is 13.2 Å². The lowest BCUT2D eigenvalue weighted by Crippen LogP contribution is -2.36. The predicted octanol–water partition coefficient (Wildman–Crippen LogP) is 5.92.